The Hall–Kier alpha value is 0.363. The van der Waals surface area contributed by atoms with Crippen molar-refractivity contribution >= 4 is 0 Å². The van der Waals surface area contributed by atoms with Crippen LogP contribution in [0.3, 0.4) is 0 Å². The van der Waals surface area contributed by atoms with Gasteiger partial charge in [-0.2, -0.15) is 0 Å². The zero-order chi connectivity index (χ0) is 15.0. The molecular weight excluding hydrogens is 379 g/mol. The molecule has 1 fully saturated rings. The zero-order valence-electron chi connectivity index (χ0n) is 19.2. The van der Waals surface area contributed by atoms with Crippen LogP contribution in [0.5, 0.6) is 0 Å². The molecule has 4 unspecified atom stereocenters. The van der Waals surface area contributed by atoms with Gasteiger partial charge in [0.1, 0.15) is 0 Å². The molecule has 0 heterocycles. The molecular formula is C24H46Zr. The van der Waals surface area contributed by atoms with E-state index in [-0.39, 0.29) is 55.9 Å². The first-order valence-corrected chi connectivity index (χ1v) is 8.74. The van der Waals surface area contributed by atoms with Gasteiger partial charge in [0.2, 0.25) is 0 Å². The number of allylic oxidation sites excluding steroid dienone is 4. The second-order valence-corrected chi connectivity index (χ2v) is 7.76. The first kappa shape index (κ1) is 33.0. The van der Waals surface area contributed by atoms with E-state index in [9.17, 15) is 0 Å². The van der Waals surface area contributed by atoms with Gasteiger partial charge in [-0.15, -0.1) is 0 Å². The van der Waals surface area contributed by atoms with E-state index in [1.165, 1.54) is 25.7 Å². The normalized spacial score (nSPS) is 29.9. The predicted octanol–water partition coefficient (Wildman–Crippen LogP) is 8.19. The van der Waals surface area contributed by atoms with Gasteiger partial charge < -0.3 is 29.7 Å². The number of hydrogen-bond acceptors (Lipinski definition) is 0. The van der Waals surface area contributed by atoms with E-state index >= 15 is 0 Å². The van der Waals surface area contributed by atoms with Crippen molar-refractivity contribution in [3.8, 4) is 0 Å². The Morgan fingerprint density at radius 3 is 1.44 bits per heavy atom. The van der Waals surface area contributed by atoms with Crippen LogP contribution in [0.25, 0.3) is 0 Å². The average molecular weight is 426 g/mol. The SMILES string of the molecule is CC1=C(C)C(C)C2C1=C(C)C(C)C2C.CC1CCCC1.[CH3-].[CH3-].[CH3-].[CH3-].[Zr+4]. The summed E-state index contributed by atoms with van der Waals surface area (Å²) in [6.45, 7) is 16.5. The second-order valence-electron chi connectivity index (χ2n) is 7.76. The van der Waals surface area contributed by atoms with Crippen LogP contribution < -0.4 is 0 Å². The van der Waals surface area contributed by atoms with Gasteiger partial charge >= 0.3 is 26.2 Å². The molecule has 146 valence electrons. The summed E-state index contributed by atoms with van der Waals surface area (Å²) in [5.41, 5.74) is 6.58. The summed E-state index contributed by atoms with van der Waals surface area (Å²) in [6.07, 6.45) is 5.95. The molecule has 3 aliphatic carbocycles. The van der Waals surface area contributed by atoms with Crippen molar-refractivity contribution < 1.29 is 26.2 Å². The largest absolute Gasteiger partial charge is 4.00 e. The smallest absolute Gasteiger partial charge is 0.358 e. The summed E-state index contributed by atoms with van der Waals surface area (Å²) in [5.74, 6) is 4.28. The number of fused-ring (bicyclic) bond motifs is 1. The Kier molecular flexibility index (Phi) is 17.8. The summed E-state index contributed by atoms with van der Waals surface area (Å²) in [5, 5.41) is 0. The van der Waals surface area contributed by atoms with Crippen LogP contribution in [0, 0.1) is 59.3 Å². The molecule has 0 nitrogen and oxygen atoms in total. The molecule has 0 amide bonds. The Labute approximate surface area is 181 Å². The fourth-order valence-corrected chi connectivity index (χ4v) is 4.68. The molecule has 0 aliphatic heterocycles. The first-order valence-electron chi connectivity index (χ1n) is 8.74. The molecule has 0 saturated heterocycles. The van der Waals surface area contributed by atoms with Crippen molar-refractivity contribution in [3.05, 3.63) is 52.0 Å². The molecule has 3 rings (SSSR count). The van der Waals surface area contributed by atoms with Gasteiger partial charge in [0.15, 0.2) is 0 Å². The quantitative estimate of drug-likeness (QED) is 0.343. The fourth-order valence-electron chi connectivity index (χ4n) is 4.68. The Bertz CT molecular complexity index is 423. The average Bonchev–Trinajstić information content (AvgIpc) is 3.04. The minimum atomic E-state index is 0. The van der Waals surface area contributed by atoms with Gasteiger partial charge in [-0.1, -0.05) is 64.5 Å². The summed E-state index contributed by atoms with van der Waals surface area (Å²) in [6, 6.07) is 0. The van der Waals surface area contributed by atoms with E-state index in [4.69, 9.17) is 0 Å². The maximum atomic E-state index is 2.42. The van der Waals surface area contributed by atoms with E-state index in [1.54, 1.807) is 22.3 Å². The van der Waals surface area contributed by atoms with Gasteiger partial charge in [-0.3, -0.25) is 0 Å². The van der Waals surface area contributed by atoms with Crippen LogP contribution in [0.1, 0.15) is 74.1 Å². The minimum Gasteiger partial charge on any atom is -0.358 e. The Balaban J connectivity index is -0.000000176. The maximum absolute atomic E-state index is 2.42. The molecule has 0 aromatic carbocycles. The van der Waals surface area contributed by atoms with Gasteiger partial charge in [-0.05, 0) is 61.5 Å². The molecule has 1 saturated carbocycles. The maximum Gasteiger partial charge on any atom is 4.00 e. The third kappa shape index (κ3) is 6.48. The van der Waals surface area contributed by atoms with E-state index < -0.39 is 0 Å². The molecule has 0 spiro atoms. The Morgan fingerprint density at radius 1 is 0.680 bits per heavy atom. The molecule has 4 atom stereocenters. The minimum absolute atomic E-state index is 0. The standard InChI is InChI=1S/C14H22.C6H12.4CH3.Zr/c1-7-9(3)13-11(5)8(2)12(6)14(13)10(7)4;1-6-4-2-3-5-6;;;;;/h7,9,11,13H,1-6H3;6H,2-5H2,1H3;4*1H3;/q;;4*-1;+4. The van der Waals surface area contributed by atoms with Crippen molar-refractivity contribution in [2.24, 2.45) is 29.6 Å². The summed E-state index contributed by atoms with van der Waals surface area (Å²) in [4.78, 5) is 0. The van der Waals surface area contributed by atoms with E-state index in [1.807, 2.05) is 0 Å². The topological polar surface area (TPSA) is 0 Å². The molecule has 25 heavy (non-hydrogen) atoms. The molecule has 1 heteroatoms. The van der Waals surface area contributed by atoms with Crippen molar-refractivity contribution in [1.29, 1.82) is 0 Å². The second kappa shape index (κ2) is 13.5. The fraction of sp³-hybridized carbons (Fsp3) is 0.667. The summed E-state index contributed by atoms with van der Waals surface area (Å²) < 4.78 is 0. The molecule has 0 aromatic rings. The van der Waals surface area contributed by atoms with E-state index in [0.717, 1.165) is 29.6 Å². The molecule has 0 aromatic heterocycles. The number of rotatable bonds is 0. The molecule has 0 radical (unpaired) electrons. The summed E-state index contributed by atoms with van der Waals surface area (Å²) in [7, 11) is 0. The van der Waals surface area contributed by atoms with Crippen molar-refractivity contribution in [1.82, 2.24) is 0 Å². The van der Waals surface area contributed by atoms with Gasteiger partial charge in [0.25, 0.3) is 0 Å². The van der Waals surface area contributed by atoms with Crippen molar-refractivity contribution in [3.63, 3.8) is 0 Å². The van der Waals surface area contributed by atoms with E-state index in [0.29, 0.717) is 0 Å². The van der Waals surface area contributed by atoms with Gasteiger partial charge in [-0.25, -0.2) is 0 Å². The van der Waals surface area contributed by atoms with Crippen molar-refractivity contribution in [2.45, 2.75) is 74.1 Å². The molecule has 0 bridgehead atoms. The van der Waals surface area contributed by atoms with Crippen LogP contribution in [-0.2, 0) is 26.2 Å². The van der Waals surface area contributed by atoms with Gasteiger partial charge in [0, 0.05) is 0 Å². The molecule has 3 aliphatic rings. The van der Waals surface area contributed by atoms with Crippen LogP contribution in [-0.4, -0.2) is 0 Å². The predicted molar refractivity (Wildman–Crippen MR) is 115 cm³/mol. The van der Waals surface area contributed by atoms with E-state index in [2.05, 4.69) is 48.5 Å². The van der Waals surface area contributed by atoms with Crippen LogP contribution in [0.4, 0.5) is 0 Å². The first-order chi connectivity index (χ1) is 9.36. The van der Waals surface area contributed by atoms with Crippen LogP contribution in [0.15, 0.2) is 22.3 Å². The third-order valence-corrected chi connectivity index (χ3v) is 6.66. The summed E-state index contributed by atoms with van der Waals surface area (Å²) >= 11 is 0. The van der Waals surface area contributed by atoms with Crippen molar-refractivity contribution in [2.75, 3.05) is 0 Å². The Morgan fingerprint density at radius 2 is 1.12 bits per heavy atom. The molecule has 0 N–H and O–H groups in total. The monoisotopic (exact) mass is 424 g/mol. The zero-order valence-corrected chi connectivity index (χ0v) is 21.7. The third-order valence-electron chi connectivity index (χ3n) is 6.66. The van der Waals surface area contributed by atoms with Gasteiger partial charge in [0.05, 0.1) is 0 Å². The van der Waals surface area contributed by atoms with Crippen LogP contribution in [0.2, 0.25) is 0 Å². The number of hydrogen-bond donors (Lipinski definition) is 0. The van der Waals surface area contributed by atoms with Crippen LogP contribution >= 0.6 is 0 Å².